The summed E-state index contributed by atoms with van der Waals surface area (Å²) in [5, 5.41) is 2.56. The predicted molar refractivity (Wildman–Crippen MR) is 80.6 cm³/mol. The van der Waals surface area contributed by atoms with Gasteiger partial charge in [0, 0.05) is 19.2 Å². The maximum atomic E-state index is 12.3. The van der Waals surface area contributed by atoms with Crippen molar-refractivity contribution in [3.05, 3.63) is 54.0 Å². The van der Waals surface area contributed by atoms with Crippen LogP contribution >= 0.6 is 0 Å². The maximum Gasteiger partial charge on any atom is 0.387 e. The van der Waals surface area contributed by atoms with Crippen LogP contribution in [0.5, 0.6) is 5.75 Å². The molecule has 2 rings (SSSR count). The van der Waals surface area contributed by atoms with E-state index in [-0.39, 0.29) is 24.6 Å². The molecule has 0 saturated heterocycles. The summed E-state index contributed by atoms with van der Waals surface area (Å²) in [7, 11) is 1.46. The Morgan fingerprint density at radius 2 is 2.00 bits per heavy atom. The number of carbonyl (C=O) groups excluding carboxylic acids is 2. The molecule has 0 aliphatic carbocycles. The highest BCUT2D eigenvalue weighted by Crippen LogP contribution is 2.19. The molecule has 1 heterocycles. The van der Waals surface area contributed by atoms with Gasteiger partial charge < -0.3 is 19.4 Å². The average Bonchev–Trinajstić information content (AvgIpc) is 3.07. The third kappa shape index (κ3) is 4.80. The summed E-state index contributed by atoms with van der Waals surface area (Å²) < 4.78 is 34.0. The van der Waals surface area contributed by atoms with Gasteiger partial charge in [-0.15, -0.1) is 0 Å². The van der Waals surface area contributed by atoms with Crippen LogP contribution in [0.25, 0.3) is 0 Å². The molecule has 0 unspecified atom stereocenters. The molecule has 0 aliphatic heterocycles. The minimum Gasteiger partial charge on any atom is -0.459 e. The largest absolute Gasteiger partial charge is 0.459 e. The number of likely N-dealkylation sites (N-methyl/N-ethyl adjacent to an activating group) is 1. The first-order chi connectivity index (χ1) is 11.5. The number of para-hydroxylation sites is 1. The Kier molecular flexibility index (Phi) is 5.89. The first-order valence-electron chi connectivity index (χ1n) is 7.05. The van der Waals surface area contributed by atoms with Crippen molar-refractivity contribution < 1.29 is 27.5 Å². The summed E-state index contributed by atoms with van der Waals surface area (Å²) in [5.74, 6) is -0.755. The molecule has 0 radical (unpaired) electrons. The molecule has 1 aromatic heterocycles. The second-order valence-electron chi connectivity index (χ2n) is 4.90. The van der Waals surface area contributed by atoms with E-state index in [9.17, 15) is 18.4 Å². The van der Waals surface area contributed by atoms with E-state index in [1.54, 1.807) is 24.3 Å². The van der Waals surface area contributed by atoms with Gasteiger partial charge >= 0.3 is 6.61 Å². The molecule has 128 valence electrons. The van der Waals surface area contributed by atoms with Crippen molar-refractivity contribution in [1.82, 2.24) is 10.2 Å². The molecule has 0 spiro atoms. The number of alkyl halides is 2. The molecule has 0 aliphatic rings. The monoisotopic (exact) mass is 338 g/mol. The third-order valence-electron chi connectivity index (χ3n) is 3.12. The van der Waals surface area contributed by atoms with Crippen LogP contribution in [0.2, 0.25) is 0 Å². The lowest BCUT2D eigenvalue weighted by Gasteiger charge is -2.16. The van der Waals surface area contributed by atoms with E-state index in [0.717, 1.165) is 0 Å². The van der Waals surface area contributed by atoms with E-state index in [2.05, 4.69) is 10.1 Å². The fourth-order valence-electron chi connectivity index (χ4n) is 1.99. The lowest BCUT2D eigenvalue weighted by molar-refractivity contribution is -0.121. The maximum absolute atomic E-state index is 12.3. The molecule has 0 bridgehead atoms. The van der Waals surface area contributed by atoms with Crippen molar-refractivity contribution in [1.29, 1.82) is 0 Å². The van der Waals surface area contributed by atoms with Crippen LogP contribution in [0, 0.1) is 0 Å². The molecule has 0 saturated carbocycles. The predicted octanol–water partition coefficient (Wildman–Crippen LogP) is 2.27. The molecular weight excluding hydrogens is 322 g/mol. The summed E-state index contributed by atoms with van der Waals surface area (Å²) in [4.78, 5) is 25.0. The standard InChI is InChI=1S/C16H16F2N2O4/c1-20(15(22)13-7-4-8-23-13)10-14(21)19-9-11-5-2-3-6-12(11)24-16(17)18/h2-8,16H,9-10H2,1H3,(H,19,21). The Labute approximate surface area is 137 Å². The van der Waals surface area contributed by atoms with Crippen LogP contribution in [0.1, 0.15) is 16.1 Å². The summed E-state index contributed by atoms with van der Waals surface area (Å²) >= 11 is 0. The molecular formula is C16H16F2N2O4. The van der Waals surface area contributed by atoms with E-state index < -0.39 is 18.4 Å². The third-order valence-corrected chi connectivity index (χ3v) is 3.12. The number of nitrogens with zero attached hydrogens (tertiary/aromatic N) is 1. The van der Waals surface area contributed by atoms with Crippen LogP contribution in [0.3, 0.4) is 0 Å². The van der Waals surface area contributed by atoms with Gasteiger partial charge in [0.25, 0.3) is 5.91 Å². The van der Waals surface area contributed by atoms with E-state index >= 15 is 0 Å². The molecule has 2 amide bonds. The van der Waals surface area contributed by atoms with Gasteiger partial charge in [-0.05, 0) is 18.2 Å². The van der Waals surface area contributed by atoms with Crippen LogP contribution < -0.4 is 10.1 Å². The highest BCUT2D eigenvalue weighted by atomic mass is 19.3. The summed E-state index contributed by atoms with van der Waals surface area (Å²) in [5.41, 5.74) is 0.408. The topological polar surface area (TPSA) is 71.8 Å². The van der Waals surface area contributed by atoms with Crippen LogP contribution in [-0.2, 0) is 11.3 Å². The van der Waals surface area contributed by atoms with Gasteiger partial charge in [-0.25, -0.2) is 0 Å². The van der Waals surface area contributed by atoms with Crippen molar-refractivity contribution >= 4 is 11.8 Å². The number of carbonyl (C=O) groups is 2. The second kappa shape index (κ2) is 8.09. The van der Waals surface area contributed by atoms with E-state index in [4.69, 9.17) is 4.42 Å². The summed E-state index contributed by atoms with van der Waals surface area (Å²) in [6, 6.07) is 9.22. The number of amides is 2. The Morgan fingerprint density at radius 3 is 2.67 bits per heavy atom. The zero-order valence-corrected chi connectivity index (χ0v) is 12.9. The van der Waals surface area contributed by atoms with Crippen molar-refractivity contribution in [3.8, 4) is 5.75 Å². The van der Waals surface area contributed by atoms with Gasteiger partial charge in [-0.3, -0.25) is 9.59 Å². The van der Waals surface area contributed by atoms with Gasteiger partial charge in [0.05, 0.1) is 12.8 Å². The van der Waals surface area contributed by atoms with Crippen LogP contribution in [0.15, 0.2) is 47.1 Å². The quantitative estimate of drug-likeness (QED) is 0.841. The van der Waals surface area contributed by atoms with Gasteiger partial charge in [0.1, 0.15) is 5.75 Å². The summed E-state index contributed by atoms with van der Waals surface area (Å²) in [6.07, 6.45) is 1.36. The fourth-order valence-corrected chi connectivity index (χ4v) is 1.99. The highest BCUT2D eigenvalue weighted by molar-refractivity contribution is 5.94. The van der Waals surface area contributed by atoms with Crippen molar-refractivity contribution in [2.45, 2.75) is 13.2 Å². The number of hydrogen-bond acceptors (Lipinski definition) is 4. The summed E-state index contributed by atoms with van der Waals surface area (Å²) in [6.45, 7) is -3.14. The Balaban J connectivity index is 1.88. The first kappa shape index (κ1) is 17.5. The Bertz CT molecular complexity index is 689. The number of nitrogens with one attached hydrogen (secondary N) is 1. The molecule has 0 fully saturated rings. The molecule has 1 aromatic carbocycles. The first-order valence-corrected chi connectivity index (χ1v) is 7.05. The molecule has 1 N–H and O–H groups in total. The van der Waals surface area contributed by atoms with E-state index in [1.165, 1.54) is 30.3 Å². The van der Waals surface area contributed by atoms with Crippen molar-refractivity contribution in [2.75, 3.05) is 13.6 Å². The van der Waals surface area contributed by atoms with Crippen LogP contribution in [0.4, 0.5) is 8.78 Å². The normalized spacial score (nSPS) is 10.5. The number of ether oxygens (including phenoxy) is 1. The average molecular weight is 338 g/mol. The van der Waals surface area contributed by atoms with Gasteiger partial charge in [-0.1, -0.05) is 18.2 Å². The minimum absolute atomic E-state index is 0.00447. The second-order valence-corrected chi connectivity index (χ2v) is 4.90. The smallest absolute Gasteiger partial charge is 0.387 e. The SMILES string of the molecule is CN(CC(=O)NCc1ccccc1OC(F)F)C(=O)c1ccco1. The number of halogens is 2. The fraction of sp³-hybridized carbons (Fsp3) is 0.250. The van der Waals surface area contributed by atoms with Gasteiger partial charge in [0.2, 0.25) is 5.91 Å². The molecule has 0 atom stereocenters. The zero-order chi connectivity index (χ0) is 17.5. The lowest BCUT2D eigenvalue weighted by Crippen LogP contribution is -2.38. The van der Waals surface area contributed by atoms with E-state index in [0.29, 0.717) is 5.56 Å². The Hall–Kier alpha value is -2.90. The van der Waals surface area contributed by atoms with Crippen LogP contribution in [-0.4, -0.2) is 36.9 Å². The Morgan fingerprint density at radius 1 is 1.25 bits per heavy atom. The lowest BCUT2D eigenvalue weighted by atomic mass is 10.2. The minimum atomic E-state index is -2.95. The van der Waals surface area contributed by atoms with Crippen molar-refractivity contribution in [3.63, 3.8) is 0 Å². The number of furan rings is 1. The molecule has 2 aromatic rings. The van der Waals surface area contributed by atoms with Gasteiger partial charge in [-0.2, -0.15) is 8.78 Å². The number of rotatable bonds is 7. The molecule has 24 heavy (non-hydrogen) atoms. The number of hydrogen-bond donors (Lipinski definition) is 1. The zero-order valence-electron chi connectivity index (χ0n) is 12.9. The van der Waals surface area contributed by atoms with E-state index in [1.807, 2.05) is 0 Å². The van der Waals surface area contributed by atoms with Crippen molar-refractivity contribution in [2.24, 2.45) is 0 Å². The highest BCUT2D eigenvalue weighted by Gasteiger charge is 2.17. The van der Waals surface area contributed by atoms with Gasteiger partial charge in [0.15, 0.2) is 5.76 Å². The molecule has 8 heteroatoms. The molecule has 6 nitrogen and oxygen atoms in total. The number of benzene rings is 1.